The summed E-state index contributed by atoms with van der Waals surface area (Å²) in [6.07, 6.45) is 2.23. The van der Waals surface area contributed by atoms with Gasteiger partial charge in [0.2, 0.25) is 0 Å². The zero-order valence-corrected chi connectivity index (χ0v) is 10.9. The van der Waals surface area contributed by atoms with Crippen LogP contribution in [-0.2, 0) is 19.4 Å². The Hall–Kier alpha value is -1.60. The molecule has 0 saturated heterocycles. The van der Waals surface area contributed by atoms with Gasteiger partial charge in [0.1, 0.15) is 0 Å². The fourth-order valence-corrected chi connectivity index (χ4v) is 2.79. The normalized spacial score (nSPS) is 14.3. The molecule has 1 aliphatic heterocycles. The van der Waals surface area contributed by atoms with Gasteiger partial charge in [-0.2, -0.15) is 0 Å². The Kier molecular flexibility index (Phi) is 3.16. The van der Waals surface area contributed by atoms with Crippen molar-refractivity contribution < 1.29 is 0 Å². The lowest BCUT2D eigenvalue weighted by Crippen LogP contribution is -2.24. The summed E-state index contributed by atoms with van der Waals surface area (Å²) in [5, 5.41) is 3.44. The van der Waals surface area contributed by atoms with Crippen molar-refractivity contribution in [3.63, 3.8) is 0 Å². The van der Waals surface area contributed by atoms with E-state index in [9.17, 15) is 0 Å². The molecule has 0 fully saturated rings. The lowest BCUT2D eigenvalue weighted by Gasteiger charge is -2.20. The molecule has 3 rings (SSSR count). The molecule has 0 aliphatic carbocycles. The van der Waals surface area contributed by atoms with Crippen molar-refractivity contribution in [1.29, 1.82) is 0 Å². The summed E-state index contributed by atoms with van der Waals surface area (Å²) in [7, 11) is 0. The summed E-state index contributed by atoms with van der Waals surface area (Å²) in [5.74, 6) is 0. The van der Waals surface area contributed by atoms with Gasteiger partial charge in [-0.25, -0.2) is 0 Å². The first-order chi connectivity index (χ1) is 8.84. The predicted octanol–water partition coefficient (Wildman–Crippen LogP) is 3.23. The molecule has 0 unspecified atom stereocenters. The Morgan fingerprint density at radius 3 is 2.72 bits per heavy atom. The van der Waals surface area contributed by atoms with E-state index in [4.69, 9.17) is 0 Å². The molecule has 0 bridgehead atoms. The summed E-state index contributed by atoms with van der Waals surface area (Å²) in [6, 6.07) is 15.4. The molecule has 0 radical (unpaired) electrons. The van der Waals surface area contributed by atoms with Crippen LogP contribution in [0.1, 0.15) is 27.8 Å². The van der Waals surface area contributed by atoms with Crippen molar-refractivity contribution in [2.75, 3.05) is 6.54 Å². The quantitative estimate of drug-likeness (QED) is 0.845. The first-order valence-corrected chi connectivity index (χ1v) is 6.69. The van der Waals surface area contributed by atoms with Gasteiger partial charge in [0.25, 0.3) is 0 Å². The molecule has 0 atom stereocenters. The number of hydrogen-bond acceptors (Lipinski definition) is 1. The lowest BCUT2D eigenvalue weighted by atomic mass is 9.91. The molecule has 1 aliphatic rings. The number of hydrogen-bond donors (Lipinski definition) is 1. The zero-order valence-electron chi connectivity index (χ0n) is 10.9. The number of rotatable bonds is 2. The fourth-order valence-electron chi connectivity index (χ4n) is 2.79. The van der Waals surface area contributed by atoms with Crippen LogP contribution in [0.4, 0.5) is 0 Å². The molecule has 1 heterocycles. The van der Waals surface area contributed by atoms with Crippen LogP contribution in [0.5, 0.6) is 0 Å². The number of fused-ring (bicyclic) bond motifs is 1. The van der Waals surface area contributed by atoms with E-state index < -0.39 is 0 Å². The van der Waals surface area contributed by atoms with E-state index in [0.29, 0.717) is 0 Å². The first kappa shape index (κ1) is 11.5. The second-order valence-electron chi connectivity index (χ2n) is 5.08. The summed E-state index contributed by atoms with van der Waals surface area (Å²) in [4.78, 5) is 0. The van der Waals surface area contributed by atoms with Gasteiger partial charge in [0.15, 0.2) is 0 Å². The maximum absolute atomic E-state index is 3.44. The SMILES string of the molecule is Cc1ccccc1Cc1cccc2c1CCNC2. The van der Waals surface area contributed by atoms with Crippen molar-refractivity contribution >= 4 is 0 Å². The van der Waals surface area contributed by atoms with Gasteiger partial charge in [-0.3, -0.25) is 0 Å². The van der Waals surface area contributed by atoms with Gasteiger partial charge in [-0.15, -0.1) is 0 Å². The standard InChI is InChI=1S/C17H19N/c1-13-5-2-3-6-14(13)11-15-7-4-8-16-12-18-10-9-17(15)16/h2-8,18H,9-12H2,1H3. The highest BCUT2D eigenvalue weighted by Gasteiger charge is 2.12. The summed E-state index contributed by atoms with van der Waals surface area (Å²) < 4.78 is 0. The molecule has 0 amide bonds. The third-order valence-corrected chi connectivity index (χ3v) is 3.88. The monoisotopic (exact) mass is 237 g/mol. The van der Waals surface area contributed by atoms with Gasteiger partial charge >= 0.3 is 0 Å². The van der Waals surface area contributed by atoms with Gasteiger partial charge in [-0.1, -0.05) is 42.5 Å². The van der Waals surface area contributed by atoms with Crippen LogP contribution >= 0.6 is 0 Å². The second-order valence-corrected chi connectivity index (χ2v) is 5.08. The zero-order chi connectivity index (χ0) is 12.4. The Labute approximate surface area is 109 Å². The third-order valence-electron chi connectivity index (χ3n) is 3.88. The van der Waals surface area contributed by atoms with Crippen molar-refractivity contribution in [1.82, 2.24) is 5.32 Å². The molecule has 0 spiro atoms. The fraction of sp³-hybridized carbons (Fsp3) is 0.294. The molecule has 18 heavy (non-hydrogen) atoms. The minimum absolute atomic E-state index is 1.02. The Balaban J connectivity index is 1.96. The van der Waals surface area contributed by atoms with Crippen molar-refractivity contribution in [2.24, 2.45) is 0 Å². The van der Waals surface area contributed by atoms with Crippen LogP contribution in [0, 0.1) is 6.92 Å². The topological polar surface area (TPSA) is 12.0 Å². The molecule has 0 saturated carbocycles. The Bertz CT molecular complexity index is 557. The maximum atomic E-state index is 3.44. The van der Waals surface area contributed by atoms with Gasteiger partial charge in [0, 0.05) is 6.54 Å². The molecule has 1 N–H and O–H groups in total. The van der Waals surface area contributed by atoms with Gasteiger partial charge < -0.3 is 5.32 Å². The molecule has 2 aromatic rings. The molecule has 1 heteroatoms. The minimum atomic E-state index is 1.02. The highest BCUT2D eigenvalue weighted by atomic mass is 14.9. The molecule has 0 aromatic heterocycles. The summed E-state index contributed by atoms with van der Waals surface area (Å²) >= 11 is 0. The van der Waals surface area contributed by atoms with E-state index in [0.717, 1.165) is 25.9 Å². The van der Waals surface area contributed by atoms with Crippen molar-refractivity contribution in [3.8, 4) is 0 Å². The van der Waals surface area contributed by atoms with E-state index in [1.807, 2.05) is 0 Å². The van der Waals surface area contributed by atoms with Crippen LogP contribution in [0.3, 0.4) is 0 Å². The average Bonchev–Trinajstić information content (AvgIpc) is 2.42. The Morgan fingerprint density at radius 2 is 1.83 bits per heavy atom. The average molecular weight is 237 g/mol. The van der Waals surface area contributed by atoms with E-state index >= 15 is 0 Å². The van der Waals surface area contributed by atoms with Crippen LogP contribution in [-0.4, -0.2) is 6.54 Å². The number of nitrogens with one attached hydrogen (secondary N) is 1. The van der Waals surface area contributed by atoms with Crippen LogP contribution in [0.15, 0.2) is 42.5 Å². The van der Waals surface area contributed by atoms with Gasteiger partial charge in [-0.05, 0) is 54.1 Å². The van der Waals surface area contributed by atoms with Crippen LogP contribution < -0.4 is 5.32 Å². The van der Waals surface area contributed by atoms with E-state index in [1.165, 1.54) is 22.3 Å². The number of benzene rings is 2. The highest BCUT2D eigenvalue weighted by Crippen LogP contribution is 2.22. The van der Waals surface area contributed by atoms with E-state index in [-0.39, 0.29) is 0 Å². The summed E-state index contributed by atoms with van der Waals surface area (Å²) in [6.45, 7) is 4.33. The lowest BCUT2D eigenvalue weighted by molar-refractivity contribution is 0.639. The predicted molar refractivity (Wildman–Crippen MR) is 75.8 cm³/mol. The van der Waals surface area contributed by atoms with Crippen molar-refractivity contribution in [3.05, 3.63) is 70.3 Å². The molecule has 2 aromatic carbocycles. The first-order valence-electron chi connectivity index (χ1n) is 6.69. The molecular weight excluding hydrogens is 218 g/mol. The van der Waals surface area contributed by atoms with Crippen molar-refractivity contribution in [2.45, 2.75) is 26.3 Å². The molecule has 1 nitrogen and oxygen atoms in total. The maximum Gasteiger partial charge on any atom is 0.0208 e. The van der Waals surface area contributed by atoms with Gasteiger partial charge in [0.05, 0.1) is 0 Å². The second kappa shape index (κ2) is 4.95. The number of aryl methyl sites for hydroxylation is 1. The Morgan fingerprint density at radius 1 is 1.00 bits per heavy atom. The highest BCUT2D eigenvalue weighted by molar-refractivity contribution is 5.41. The smallest absolute Gasteiger partial charge is 0.0208 e. The molecule has 92 valence electrons. The van der Waals surface area contributed by atoms with E-state index in [1.54, 1.807) is 5.56 Å². The van der Waals surface area contributed by atoms with Crippen LogP contribution in [0.25, 0.3) is 0 Å². The third kappa shape index (κ3) is 2.19. The minimum Gasteiger partial charge on any atom is -0.312 e. The largest absolute Gasteiger partial charge is 0.312 e. The van der Waals surface area contributed by atoms with E-state index in [2.05, 4.69) is 54.7 Å². The van der Waals surface area contributed by atoms with Crippen LogP contribution in [0.2, 0.25) is 0 Å². The molecular formula is C17H19N. The summed E-state index contributed by atoms with van der Waals surface area (Å²) in [5.41, 5.74) is 7.39.